The molecule has 1 rings (SSSR count). The van der Waals surface area contributed by atoms with E-state index in [0.717, 1.165) is 6.42 Å². The zero-order valence-electron chi connectivity index (χ0n) is 8.86. The van der Waals surface area contributed by atoms with Crippen LogP contribution in [0.4, 0.5) is 0 Å². The molecule has 0 bridgehead atoms. The lowest BCUT2D eigenvalue weighted by Crippen LogP contribution is -1.75. The summed E-state index contributed by atoms with van der Waals surface area (Å²) in [6, 6.07) is 0. The van der Waals surface area contributed by atoms with Gasteiger partial charge in [0.05, 0.1) is 0 Å². The van der Waals surface area contributed by atoms with Gasteiger partial charge in [-0.15, -0.1) is 0 Å². The van der Waals surface area contributed by atoms with Gasteiger partial charge in [-0.2, -0.15) is 0 Å². The molecule has 0 nitrogen and oxygen atoms in total. The molecule has 0 aromatic heterocycles. The van der Waals surface area contributed by atoms with E-state index in [0.29, 0.717) is 0 Å². The maximum absolute atomic E-state index is 2.30. The number of allylic oxidation sites excluding steroid dienone is 8. The van der Waals surface area contributed by atoms with Crippen LogP contribution in [-0.4, -0.2) is 0 Å². The molecular formula is C14H20. The molecule has 0 spiro atoms. The van der Waals surface area contributed by atoms with Gasteiger partial charge < -0.3 is 0 Å². The fourth-order valence-electron chi connectivity index (χ4n) is 1.45. The standard InChI is InChI=1S/C14H20/c1-2-4-6-8-10-12-14-13-11-9-7-5-3-1/h1-6,9,11H,7-8,10,12-14H2/b2-1+,5-3+,6-4?,11-9?. The van der Waals surface area contributed by atoms with E-state index in [-0.39, 0.29) is 0 Å². The van der Waals surface area contributed by atoms with Gasteiger partial charge in [-0.05, 0) is 32.1 Å². The third kappa shape index (κ3) is 6.47. The van der Waals surface area contributed by atoms with Crippen molar-refractivity contribution in [2.24, 2.45) is 0 Å². The van der Waals surface area contributed by atoms with Crippen molar-refractivity contribution in [3.05, 3.63) is 48.6 Å². The highest BCUT2D eigenvalue weighted by Gasteiger charge is 1.85. The molecule has 0 aromatic rings. The van der Waals surface area contributed by atoms with E-state index in [1.807, 2.05) is 0 Å². The smallest absolute Gasteiger partial charge is 0.0166 e. The van der Waals surface area contributed by atoms with Crippen LogP contribution in [0.2, 0.25) is 0 Å². The quantitative estimate of drug-likeness (QED) is 0.489. The van der Waals surface area contributed by atoms with Crippen LogP contribution in [0.5, 0.6) is 0 Å². The zero-order valence-corrected chi connectivity index (χ0v) is 8.86. The predicted molar refractivity (Wildman–Crippen MR) is 64.3 cm³/mol. The van der Waals surface area contributed by atoms with E-state index >= 15 is 0 Å². The van der Waals surface area contributed by atoms with Crippen LogP contribution in [0.3, 0.4) is 0 Å². The first-order valence-electron chi connectivity index (χ1n) is 5.63. The first kappa shape index (κ1) is 11.0. The summed E-state index contributed by atoms with van der Waals surface area (Å²) in [7, 11) is 0. The number of hydrogen-bond acceptors (Lipinski definition) is 0. The highest BCUT2D eigenvalue weighted by Crippen LogP contribution is 2.05. The normalized spacial score (nSPS) is 24.0. The van der Waals surface area contributed by atoms with Gasteiger partial charge in [-0.3, -0.25) is 0 Å². The van der Waals surface area contributed by atoms with Crippen LogP contribution in [-0.2, 0) is 0 Å². The van der Waals surface area contributed by atoms with Crippen molar-refractivity contribution in [1.29, 1.82) is 0 Å². The lowest BCUT2D eigenvalue weighted by Gasteiger charge is -1.95. The summed E-state index contributed by atoms with van der Waals surface area (Å²) in [5.74, 6) is 0. The van der Waals surface area contributed by atoms with Gasteiger partial charge in [0.2, 0.25) is 0 Å². The third-order valence-electron chi connectivity index (χ3n) is 2.29. The van der Waals surface area contributed by atoms with Gasteiger partial charge >= 0.3 is 0 Å². The van der Waals surface area contributed by atoms with Gasteiger partial charge in [-0.25, -0.2) is 0 Å². The van der Waals surface area contributed by atoms with Gasteiger partial charge in [-0.1, -0.05) is 55.0 Å². The molecule has 0 saturated heterocycles. The second-order valence-corrected chi connectivity index (χ2v) is 3.59. The van der Waals surface area contributed by atoms with Gasteiger partial charge in [0, 0.05) is 0 Å². The number of rotatable bonds is 0. The molecule has 0 heteroatoms. The van der Waals surface area contributed by atoms with Crippen molar-refractivity contribution >= 4 is 0 Å². The summed E-state index contributed by atoms with van der Waals surface area (Å²) in [5.41, 5.74) is 0. The van der Waals surface area contributed by atoms with Crippen molar-refractivity contribution in [3.63, 3.8) is 0 Å². The van der Waals surface area contributed by atoms with Gasteiger partial charge in [0.15, 0.2) is 0 Å². The Morgan fingerprint density at radius 2 is 1.21 bits per heavy atom. The summed E-state index contributed by atoms with van der Waals surface area (Å²) < 4.78 is 0. The molecule has 0 radical (unpaired) electrons. The van der Waals surface area contributed by atoms with Crippen molar-refractivity contribution in [2.45, 2.75) is 38.5 Å². The van der Waals surface area contributed by atoms with Crippen LogP contribution in [0.15, 0.2) is 48.6 Å². The SMILES string of the molecule is C1=CCCCCCC=CC/C=C/C=C/1. The minimum atomic E-state index is 1.06. The Morgan fingerprint density at radius 1 is 0.500 bits per heavy atom. The molecule has 0 saturated carbocycles. The Balaban J connectivity index is 2.36. The summed E-state index contributed by atoms with van der Waals surface area (Å²) in [4.78, 5) is 0. The van der Waals surface area contributed by atoms with Crippen LogP contribution in [0, 0.1) is 0 Å². The average Bonchev–Trinajstić information content (AvgIpc) is 2.22. The van der Waals surface area contributed by atoms with Gasteiger partial charge in [0.1, 0.15) is 0 Å². The highest BCUT2D eigenvalue weighted by atomic mass is 13.9. The van der Waals surface area contributed by atoms with E-state index in [9.17, 15) is 0 Å². The van der Waals surface area contributed by atoms with Crippen LogP contribution in [0.1, 0.15) is 38.5 Å². The van der Waals surface area contributed by atoms with E-state index in [1.54, 1.807) is 0 Å². The van der Waals surface area contributed by atoms with Crippen LogP contribution >= 0.6 is 0 Å². The molecule has 1 aliphatic carbocycles. The molecule has 0 fully saturated rings. The van der Waals surface area contributed by atoms with Crippen LogP contribution in [0.25, 0.3) is 0 Å². The fraction of sp³-hybridized carbons (Fsp3) is 0.429. The van der Waals surface area contributed by atoms with Crippen molar-refractivity contribution in [2.75, 3.05) is 0 Å². The highest BCUT2D eigenvalue weighted by molar-refractivity contribution is 5.11. The Labute approximate surface area is 87.7 Å². The lowest BCUT2D eigenvalue weighted by atomic mass is 10.1. The molecule has 0 aromatic carbocycles. The lowest BCUT2D eigenvalue weighted by molar-refractivity contribution is 0.695. The van der Waals surface area contributed by atoms with E-state index in [1.165, 1.54) is 32.1 Å². The minimum absolute atomic E-state index is 1.06. The minimum Gasteiger partial charge on any atom is -0.0882 e. The Bertz CT molecular complexity index is 228. The first-order chi connectivity index (χ1) is 7.00. The van der Waals surface area contributed by atoms with Gasteiger partial charge in [0.25, 0.3) is 0 Å². The summed E-state index contributed by atoms with van der Waals surface area (Å²) in [5, 5.41) is 0. The molecule has 0 amide bonds. The monoisotopic (exact) mass is 188 g/mol. The molecule has 0 unspecified atom stereocenters. The van der Waals surface area contributed by atoms with E-state index in [2.05, 4.69) is 48.6 Å². The largest absolute Gasteiger partial charge is 0.0882 e. The molecule has 14 heavy (non-hydrogen) atoms. The molecule has 0 heterocycles. The topological polar surface area (TPSA) is 0 Å². The predicted octanol–water partition coefficient (Wildman–Crippen LogP) is 4.57. The first-order valence-corrected chi connectivity index (χ1v) is 5.63. The fourth-order valence-corrected chi connectivity index (χ4v) is 1.45. The zero-order chi connectivity index (χ0) is 9.90. The Morgan fingerprint density at radius 3 is 2.07 bits per heavy atom. The van der Waals surface area contributed by atoms with E-state index < -0.39 is 0 Å². The summed E-state index contributed by atoms with van der Waals surface area (Å²) in [6.45, 7) is 0. The molecule has 1 aliphatic rings. The maximum atomic E-state index is 2.30. The molecular weight excluding hydrogens is 168 g/mol. The summed E-state index contributed by atoms with van der Waals surface area (Å²) in [6.07, 6.45) is 25.0. The maximum Gasteiger partial charge on any atom is -0.0166 e. The van der Waals surface area contributed by atoms with Crippen molar-refractivity contribution in [1.82, 2.24) is 0 Å². The molecule has 0 atom stereocenters. The van der Waals surface area contributed by atoms with E-state index in [4.69, 9.17) is 0 Å². The molecule has 0 N–H and O–H groups in total. The second kappa shape index (κ2) is 8.55. The van der Waals surface area contributed by atoms with Crippen LogP contribution < -0.4 is 0 Å². The van der Waals surface area contributed by atoms with Crippen molar-refractivity contribution in [3.8, 4) is 0 Å². The second-order valence-electron chi connectivity index (χ2n) is 3.59. The van der Waals surface area contributed by atoms with Crippen molar-refractivity contribution < 1.29 is 0 Å². The third-order valence-corrected chi connectivity index (χ3v) is 2.29. The Kier molecular flexibility index (Phi) is 6.74. The molecule has 76 valence electrons. The number of hydrogen-bond donors (Lipinski definition) is 0. The molecule has 0 aliphatic heterocycles. The summed E-state index contributed by atoms with van der Waals surface area (Å²) >= 11 is 0. The Hall–Kier alpha value is -1.04. The average molecular weight is 188 g/mol.